The third-order valence-electron chi connectivity index (χ3n) is 2.09. The Labute approximate surface area is 92.2 Å². The molecule has 7 nitrogen and oxygen atoms in total. The number of hydrogen-bond acceptors (Lipinski definition) is 4. The minimum absolute atomic E-state index is 0.0344. The molecule has 0 bridgehead atoms. The van der Waals surface area contributed by atoms with Gasteiger partial charge in [-0.1, -0.05) is 0 Å². The molecule has 1 aromatic heterocycles. The van der Waals surface area contributed by atoms with E-state index in [-0.39, 0.29) is 30.6 Å². The third kappa shape index (κ3) is 2.25. The Bertz CT molecular complexity index is 432. The highest BCUT2D eigenvalue weighted by molar-refractivity contribution is 5.96. The number of aliphatic hydroxyl groups is 1. The molecule has 0 atom stereocenters. The number of carbonyl (C=O) groups excluding carboxylic acids is 1. The second-order valence-corrected chi connectivity index (χ2v) is 3.65. The van der Waals surface area contributed by atoms with Crippen LogP contribution in [0.5, 0.6) is 0 Å². The first-order valence-electron chi connectivity index (χ1n) is 4.98. The number of aliphatic hydroxyl groups excluding tert-OH is 1. The van der Waals surface area contributed by atoms with E-state index < -0.39 is 11.5 Å². The van der Waals surface area contributed by atoms with Crippen LogP contribution in [-0.4, -0.2) is 33.9 Å². The number of aromatic nitrogens is 2. The molecule has 0 unspecified atom stereocenters. The average molecular weight is 228 g/mol. The van der Waals surface area contributed by atoms with Crippen molar-refractivity contribution in [1.82, 2.24) is 15.1 Å². The molecule has 0 saturated carbocycles. The minimum atomic E-state index is -0.497. The van der Waals surface area contributed by atoms with Gasteiger partial charge in [0.25, 0.3) is 11.5 Å². The molecule has 0 aliphatic carbocycles. The second-order valence-electron chi connectivity index (χ2n) is 3.65. The van der Waals surface area contributed by atoms with Crippen LogP contribution in [0.2, 0.25) is 0 Å². The molecule has 1 rings (SSSR count). The number of H-pyrrole nitrogens is 1. The smallest absolute Gasteiger partial charge is 0.290 e. The molecule has 0 saturated heterocycles. The van der Waals surface area contributed by atoms with E-state index in [9.17, 15) is 9.59 Å². The topological polar surface area (TPSA) is 113 Å². The molecule has 0 radical (unpaired) electrons. The Morgan fingerprint density at radius 1 is 1.62 bits per heavy atom. The molecule has 1 aromatic rings. The molecular weight excluding hydrogens is 212 g/mol. The lowest BCUT2D eigenvalue weighted by Crippen LogP contribution is -2.27. The van der Waals surface area contributed by atoms with Crippen LogP contribution in [0.1, 0.15) is 30.4 Å². The van der Waals surface area contributed by atoms with E-state index in [1.54, 1.807) is 13.8 Å². The first-order valence-corrected chi connectivity index (χ1v) is 4.98. The van der Waals surface area contributed by atoms with Crippen molar-refractivity contribution in [3.63, 3.8) is 0 Å². The molecule has 7 heteroatoms. The molecule has 0 aromatic carbocycles. The predicted molar refractivity (Wildman–Crippen MR) is 59.3 cm³/mol. The lowest BCUT2D eigenvalue weighted by molar-refractivity contribution is 0.0939. The van der Waals surface area contributed by atoms with Crippen molar-refractivity contribution in [3.8, 4) is 0 Å². The fourth-order valence-corrected chi connectivity index (χ4v) is 1.26. The summed E-state index contributed by atoms with van der Waals surface area (Å²) in [6, 6.07) is -0.103. The predicted octanol–water partition coefficient (Wildman–Crippen LogP) is -0.938. The highest BCUT2D eigenvalue weighted by Gasteiger charge is 2.18. The van der Waals surface area contributed by atoms with Gasteiger partial charge in [0.1, 0.15) is 11.4 Å². The number of hydrogen-bond donors (Lipinski definition) is 4. The van der Waals surface area contributed by atoms with Crippen molar-refractivity contribution in [2.45, 2.75) is 19.9 Å². The van der Waals surface area contributed by atoms with Gasteiger partial charge in [-0.15, -0.1) is 0 Å². The minimum Gasteiger partial charge on any atom is -0.395 e. The van der Waals surface area contributed by atoms with Gasteiger partial charge in [0, 0.05) is 12.6 Å². The Morgan fingerprint density at radius 3 is 2.69 bits per heavy atom. The van der Waals surface area contributed by atoms with Crippen LogP contribution in [0.15, 0.2) is 4.79 Å². The number of aromatic amines is 1. The SMILES string of the molecule is CC(C)n1[nH]c(C(=O)NCCO)c(N)c1=O. The number of nitrogens with two attached hydrogens (primary N) is 1. The summed E-state index contributed by atoms with van der Waals surface area (Å²) >= 11 is 0. The summed E-state index contributed by atoms with van der Waals surface area (Å²) in [5.41, 5.74) is 5.04. The quantitative estimate of drug-likeness (QED) is 0.532. The lowest BCUT2D eigenvalue weighted by Gasteiger charge is -2.04. The van der Waals surface area contributed by atoms with Gasteiger partial charge in [-0.25, -0.2) is 4.68 Å². The summed E-state index contributed by atoms with van der Waals surface area (Å²) in [6.45, 7) is 3.55. The molecule has 0 aliphatic rings. The summed E-state index contributed by atoms with van der Waals surface area (Å²) < 4.78 is 1.28. The Morgan fingerprint density at radius 2 is 2.25 bits per heavy atom. The van der Waals surface area contributed by atoms with Gasteiger partial charge in [0.2, 0.25) is 0 Å². The highest BCUT2D eigenvalue weighted by Crippen LogP contribution is 2.06. The number of nitrogens with one attached hydrogen (secondary N) is 2. The monoisotopic (exact) mass is 228 g/mol. The Balaban J connectivity index is 3.02. The van der Waals surface area contributed by atoms with Gasteiger partial charge in [-0.05, 0) is 13.8 Å². The maximum absolute atomic E-state index is 11.6. The van der Waals surface area contributed by atoms with E-state index in [0.29, 0.717) is 0 Å². The highest BCUT2D eigenvalue weighted by atomic mass is 16.3. The Hall–Kier alpha value is -1.76. The van der Waals surface area contributed by atoms with E-state index in [1.165, 1.54) is 4.68 Å². The molecular formula is C9H16N4O3. The van der Waals surface area contributed by atoms with Crippen LogP contribution in [0.4, 0.5) is 5.69 Å². The number of carbonyl (C=O) groups is 1. The summed E-state index contributed by atoms with van der Waals surface area (Å²) in [7, 11) is 0. The van der Waals surface area contributed by atoms with Crippen molar-refractivity contribution < 1.29 is 9.90 Å². The molecule has 0 spiro atoms. The van der Waals surface area contributed by atoms with Crippen molar-refractivity contribution in [2.24, 2.45) is 0 Å². The van der Waals surface area contributed by atoms with E-state index in [0.717, 1.165) is 0 Å². The van der Waals surface area contributed by atoms with Crippen molar-refractivity contribution >= 4 is 11.6 Å². The van der Waals surface area contributed by atoms with E-state index in [4.69, 9.17) is 10.8 Å². The number of nitrogens with zero attached hydrogens (tertiary/aromatic N) is 1. The zero-order valence-electron chi connectivity index (χ0n) is 9.28. The standard InChI is InChI=1S/C9H16N4O3/c1-5(2)13-9(16)6(10)7(12-13)8(15)11-3-4-14/h5,12,14H,3-4,10H2,1-2H3,(H,11,15). The van der Waals surface area contributed by atoms with Crippen LogP contribution >= 0.6 is 0 Å². The average Bonchev–Trinajstić information content (AvgIpc) is 2.53. The zero-order chi connectivity index (χ0) is 12.3. The second kappa shape index (κ2) is 4.84. The first-order chi connectivity index (χ1) is 7.49. The normalized spacial score (nSPS) is 10.8. The summed E-state index contributed by atoms with van der Waals surface area (Å²) in [5.74, 6) is -0.497. The van der Waals surface area contributed by atoms with Gasteiger partial charge >= 0.3 is 0 Å². The molecule has 90 valence electrons. The maximum Gasteiger partial charge on any atom is 0.290 e. The fraction of sp³-hybridized carbons (Fsp3) is 0.556. The molecule has 1 amide bonds. The van der Waals surface area contributed by atoms with Crippen molar-refractivity contribution in [2.75, 3.05) is 18.9 Å². The van der Waals surface area contributed by atoms with Crippen molar-refractivity contribution in [3.05, 3.63) is 16.0 Å². The summed E-state index contributed by atoms with van der Waals surface area (Å²) in [6.07, 6.45) is 0. The molecule has 0 aliphatic heterocycles. The number of rotatable bonds is 4. The number of nitrogen functional groups attached to an aromatic ring is 1. The Kier molecular flexibility index (Phi) is 3.73. The summed E-state index contributed by atoms with van der Waals surface area (Å²) in [4.78, 5) is 23.1. The van der Waals surface area contributed by atoms with E-state index in [2.05, 4.69) is 10.4 Å². The van der Waals surface area contributed by atoms with Gasteiger partial charge < -0.3 is 16.2 Å². The van der Waals surface area contributed by atoms with Crippen LogP contribution in [0.3, 0.4) is 0 Å². The number of anilines is 1. The van der Waals surface area contributed by atoms with Crippen molar-refractivity contribution in [1.29, 1.82) is 0 Å². The lowest BCUT2D eigenvalue weighted by atomic mass is 10.3. The largest absolute Gasteiger partial charge is 0.395 e. The van der Waals surface area contributed by atoms with Crippen LogP contribution in [0, 0.1) is 0 Å². The zero-order valence-corrected chi connectivity index (χ0v) is 9.28. The van der Waals surface area contributed by atoms with Crippen LogP contribution in [-0.2, 0) is 0 Å². The van der Waals surface area contributed by atoms with E-state index in [1.807, 2.05) is 0 Å². The van der Waals surface area contributed by atoms with Crippen LogP contribution < -0.4 is 16.6 Å². The van der Waals surface area contributed by atoms with Gasteiger partial charge in [0.15, 0.2) is 0 Å². The molecule has 1 heterocycles. The third-order valence-corrected chi connectivity index (χ3v) is 2.09. The number of amides is 1. The van der Waals surface area contributed by atoms with Gasteiger partial charge in [0.05, 0.1) is 6.61 Å². The fourth-order valence-electron chi connectivity index (χ4n) is 1.26. The van der Waals surface area contributed by atoms with Gasteiger partial charge in [-0.3, -0.25) is 14.7 Å². The molecule has 16 heavy (non-hydrogen) atoms. The summed E-state index contributed by atoms with van der Waals surface area (Å²) in [5, 5.41) is 13.6. The molecule has 0 fully saturated rings. The van der Waals surface area contributed by atoms with E-state index >= 15 is 0 Å². The maximum atomic E-state index is 11.6. The van der Waals surface area contributed by atoms with Crippen LogP contribution in [0.25, 0.3) is 0 Å². The first kappa shape index (κ1) is 12.3. The van der Waals surface area contributed by atoms with Gasteiger partial charge in [-0.2, -0.15) is 0 Å². The molecule has 5 N–H and O–H groups in total.